The first kappa shape index (κ1) is 17.7. The van der Waals surface area contributed by atoms with Gasteiger partial charge in [0, 0.05) is 17.5 Å². The molecule has 2 aliphatic heterocycles. The van der Waals surface area contributed by atoms with Crippen molar-refractivity contribution in [3.05, 3.63) is 51.6 Å². The van der Waals surface area contributed by atoms with Gasteiger partial charge in [0.05, 0.1) is 11.3 Å². The molecule has 0 radical (unpaired) electrons. The number of fused-ring (bicyclic) bond motifs is 1. The van der Waals surface area contributed by atoms with Crippen LogP contribution in [0.4, 0.5) is 10.5 Å². The van der Waals surface area contributed by atoms with Crippen LogP contribution in [-0.2, 0) is 25.6 Å². The lowest BCUT2D eigenvalue weighted by atomic mass is 9.94. The van der Waals surface area contributed by atoms with E-state index in [9.17, 15) is 19.7 Å². The van der Waals surface area contributed by atoms with Crippen LogP contribution < -0.4 is 0 Å². The molecule has 1 aromatic rings. The highest BCUT2D eigenvalue weighted by Crippen LogP contribution is 2.43. The maximum atomic E-state index is 12.0. The molecule has 1 unspecified atom stereocenters. The number of carbonyl (C=O) groups excluding carboxylic acids is 2. The molecule has 0 spiro atoms. The summed E-state index contributed by atoms with van der Waals surface area (Å²) in [6, 6.07) is 5.61. The van der Waals surface area contributed by atoms with Crippen molar-refractivity contribution in [1.29, 1.82) is 0 Å². The molecule has 1 fully saturated rings. The maximum Gasteiger partial charge on any atom is 0.515 e. The van der Waals surface area contributed by atoms with Gasteiger partial charge in [-0.3, -0.25) is 14.9 Å². The molecule has 0 bridgehead atoms. The summed E-state index contributed by atoms with van der Waals surface area (Å²) in [6.45, 7) is 5.52. The molecule has 2 heterocycles. The number of non-ortho nitro benzene ring substituents is 1. The van der Waals surface area contributed by atoms with E-state index in [2.05, 4.69) is 0 Å². The Balaban J connectivity index is 1.65. The molecule has 9 heteroatoms. The van der Waals surface area contributed by atoms with E-state index in [1.165, 1.54) is 29.2 Å². The third-order valence-corrected chi connectivity index (χ3v) is 3.94. The minimum Gasteiger partial charge on any atom is -0.468 e. The third-order valence-electron chi connectivity index (χ3n) is 3.94. The van der Waals surface area contributed by atoms with Crippen molar-refractivity contribution in [3.8, 4) is 0 Å². The first-order valence-electron chi connectivity index (χ1n) is 7.98. The Labute approximate surface area is 149 Å². The van der Waals surface area contributed by atoms with E-state index in [1.807, 2.05) is 20.8 Å². The zero-order chi connectivity index (χ0) is 19.1. The van der Waals surface area contributed by atoms with Crippen molar-refractivity contribution in [2.75, 3.05) is 0 Å². The van der Waals surface area contributed by atoms with Crippen molar-refractivity contribution >= 4 is 17.7 Å². The number of β-lactam (4-membered cyclic amide) rings is 1. The molecule has 9 nitrogen and oxygen atoms in total. The quantitative estimate of drug-likeness (QED) is 0.350. The van der Waals surface area contributed by atoms with Crippen molar-refractivity contribution in [2.45, 2.75) is 40.0 Å². The van der Waals surface area contributed by atoms with Crippen LogP contribution in [-0.4, -0.2) is 28.1 Å². The van der Waals surface area contributed by atoms with Crippen LogP contribution in [0.3, 0.4) is 0 Å². The van der Waals surface area contributed by atoms with Gasteiger partial charge < -0.3 is 14.2 Å². The van der Waals surface area contributed by atoms with E-state index >= 15 is 0 Å². The number of amides is 1. The lowest BCUT2D eigenvalue weighted by Gasteiger charge is -2.32. The van der Waals surface area contributed by atoms with Crippen LogP contribution in [0.15, 0.2) is 35.9 Å². The molecule has 1 atom stereocenters. The number of hydrogen-bond acceptors (Lipinski definition) is 7. The predicted molar refractivity (Wildman–Crippen MR) is 87.2 cm³/mol. The van der Waals surface area contributed by atoms with Gasteiger partial charge in [0.25, 0.3) is 11.6 Å². The summed E-state index contributed by atoms with van der Waals surface area (Å²) < 4.78 is 16.0. The first-order chi connectivity index (χ1) is 12.2. The summed E-state index contributed by atoms with van der Waals surface area (Å²) in [5.41, 5.74) is 0.0610. The fourth-order valence-corrected chi connectivity index (χ4v) is 2.58. The van der Waals surface area contributed by atoms with E-state index in [1.54, 1.807) is 0 Å². The average Bonchev–Trinajstić information content (AvgIpc) is 2.84. The number of nitro groups is 1. The number of allylic oxidation sites excluding steroid dienone is 1. The van der Waals surface area contributed by atoms with Gasteiger partial charge in [-0.2, -0.15) is 0 Å². The van der Waals surface area contributed by atoms with Gasteiger partial charge in [-0.15, -0.1) is 0 Å². The minimum atomic E-state index is -0.982. The molecule has 1 amide bonds. The summed E-state index contributed by atoms with van der Waals surface area (Å²) in [7, 11) is 0. The van der Waals surface area contributed by atoms with E-state index < -0.39 is 22.7 Å². The lowest BCUT2D eigenvalue weighted by Crippen LogP contribution is -2.49. The third kappa shape index (κ3) is 3.32. The average molecular weight is 362 g/mol. The molecule has 0 N–H and O–H groups in total. The molecule has 1 saturated heterocycles. The van der Waals surface area contributed by atoms with Gasteiger partial charge in [0.1, 0.15) is 6.61 Å². The molecule has 26 heavy (non-hydrogen) atoms. The van der Waals surface area contributed by atoms with Crippen LogP contribution in [0.2, 0.25) is 0 Å². The lowest BCUT2D eigenvalue weighted by molar-refractivity contribution is -0.384. The SMILES string of the molecule is CC(C)(C)C1=C(OC(=O)OCc2ccc([N+](=O)[O-])cc2)N2C(=O)CC2O1. The highest BCUT2D eigenvalue weighted by molar-refractivity contribution is 5.85. The Morgan fingerprint density at radius 3 is 2.54 bits per heavy atom. The summed E-state index contributed by atoms with van der Waals surface area (Å²) in [4.78, 5) is 35.2. The van der Waals surface area contributed by atoms with Crippen LogP contribution >= 0.6 is 0 Å². The number of hydrogen-bond donors (Lipinski definition) is 0. The van der Waals surface area contributed by atoms with Crippen molar-refractivity contribution in [2.24, 2.45) is 5.41 Å². The van der Waals surface area contributed by atoms with Crippen LogP contribution in [0, 0.1) is 15.5 Å². The summed E-state index contributed by atoms with van der Waals surface area (Å²) >= 11 is 0. The molecule has 0 aromatic heterocycles. The predicted octanol–water partition coefficient (Wildman–Crippen LogP) is 3.05. The van der Waals surface area contributed by atoms with Crippen molar-refractivity contribution in [1.82, 2.24) is 4.90 Å². The largest absolute Gasteiger partial charge is 0.515 e. The normalized spacial score (nSPS) is 18.8. The van der Waals surface area contributed by atoms with Crippen LogP contribution in [0.25, 0.3) is 0 Å². The van der Waals surface area contributed by atoms with Gasteiger partial charge in [-0.25, -0.2) is 9.69 Å². The first-order valence-corrected chi connectivity index (χ1v) is 7.98. The number of nitrogens with zero attached hydrogens (tertiary/aromatic N) is 2. The molecular weight excluding hydrogens is 344 g/mol. The van der Waals surface area contributed by atoms with E-state index in [-0.39, 0.29) is 30.5 Å². The molecule has 0 aliphatic carbocycles. The van der Waals surface area contributed by atoms with Crippen LogP contribution in [0.5, 0.6) is 0 Å². The zero-order valence-electron chi connectivity index (χ0n) is 14.6. The maximum absolute atomic E-state index is 12.0. The standard InChI is InChI=1S/C17H18N2O7/c1-17(2,3)14-15(18-12(20)8-13(18)25-14)26-16(21)24-9-10-4-6-11(7-5-10)19(22)23/h4-7,13H,8-9H2,1-3H3. The summed E-state index contributed by atoms with van der Waals surface area (Å²) in [5, 5.41) is 10.6. The summed E-state index contributed by atoms with van der Waals surface area (Å²) in [5.74, 6) is 0.292. The second-order valence-electron chi connectivity index (χ2n) is 6.99. The van der Waals surface area contributed by atoms with Gasteiger partial charge in [-0.05, 0) is 17.7 Å². The minimum absolute atomic E-state index is 0.0539. The fourth-order valence-electron chi connectivity index (χ4n) is 2.58. The van der Waals surface area contributed by atoms with Gasteiger partial charge in [-0.1, -0.05) is 20.8 Å². The number of nitro benzene ring substituents is 1. The van der Waals surface area contributed by atoms with Crippen molar-refractivity contribution < 1.29 is 28.7 Å². The second kappa shape index (κ2) is 6.32. The molecular formula is C17H18N2O7. The molecule has 3 rings (SSSR count). The Morgan fingerprint density at radius 2 is 2.00 bits per heavy atom. The fraction of sp³-hybridized carbons (Fsp3) is 0.412. The Morgan fingerprint density at radius 1 is 1.35 bits per heavy atom. The Kier molecular flexibility index (Phi) is 4.31. The number of benzene rings is 1. The topological polar surface area (TPSA) is 108 Å². The van der Waals surface area contributed by atoms with E-state index in [0.29, 0.717) is 11.3 Å². The Bertz CT molecular complexity index is 792. The second-order valence-corrected chi connectivity index (χ2v) is 6.99. The molecule has 138 valence electrons. The van der Waals surface area contributed by atoms with Gasteiger partial charge >= 0.3 is 6.16 Å². The molecule has 1 aromatic carbocycles. The highest BCUT2D eigenvalue weighted by Gasteiger charge is 2.51. The number of rotatable bonds is 4. The monoisotopic (exact) mass is 362 g/mol. The van der Waals surface area contributed by atoms with Gasteiger partial charge in [0.2, 0.25) is 5.91 Å². The van der Waals surface area contributed by atoms with Crippen molar-refractivity contribution in [3.63, 3.8) is 0 Å². The van der Waals surface area contributed by atoms with E-state index in [0.717, 1.165) is 0 Å². The number of carbonyl (C=O) groups is 2. The summed E-state index contributed by atoms with van der Waals surface area (Å²) in [6.07, 6.45) is -1.18. The number of ether oxygens (including phenoxy) is 3. The molecule has 2 aliphatic rings. The van der Waals surface area contributed by atoms with E-state index in [4.69, 9.17) is 14.2 Å². The highest BCUT2D eigenvalue weighted by atomic mass is 16.7. The zero-order valence-corrected chi connectivity index (χ0v) is 14.6. The Hall–Kier alpha value is -3.10. The van der Waals surface area contributed by atoms with Gasteiger partial charge in [0.15, 0.2) is 12.0 Å². The van der Waals surface area contributed by atoms with Crippen LogP contribution in [0.1, 0.15) is 32.8 Å². The smallest absolute Gasteiger partial charge is 0.468 e. The molecule has 0 saturated carbocycles.